The largest absolute Gasteiger partial charge is 0.378 e. The average molecular weight is 246 g/mol. The Kier molecular flexibility index (Phi) is 3.19. The van der Waals surface area contributed by atoms with E-state index in [1.54, 1.807) is 0 Å². The summed E-state index contributed by atoms with van der Waals surface area (Å²) in [5.74, 6) is 0. The fourth-order valence-electron chi connectivity index (χ4n) is 2.69. The zero-order valence-electron chi connectivity index (χ0n) is 10.4. The zero-order valence-corrected chi connectivity index (χ0v) is 10.4. The Morgan fingerprint density at radius 2 is 1.78 bits per heavy atom. The van der Waals surface area contributed by atoms with Crippen molar-refractivity contribution in [2.45, 2.75) is 18.9 Å². The third kappa shape index (κ3) is 2.34. The van der Waals surface area contributed by atoms with Crippen LogP contribution >= 0.6 is 0 Å². The van der Waals surface area contributed by atoms with Gasteiger partial charge in [0.05, 0.1) is 13.2 Å². The van der Waals surface area contributed by atoms with Gasteiger partial charge in [-0.3, -0.25) is 0 Å². The van der Waals surface area contributed by atoms with Crippen molar-refractivity contribution in [3.05, 3.63) is 35.4 Å². The summed E-state index contributed by atoms with van der Waals surface area (Å²) in [6, 6.07) is 8.72. The predicted molar refractivity (Wildman–Crippen MR) is 68.6 cm³/mol. The SMILES string of the molecule is O=C(NC1Cc2ccccc2C1)N1CCOCC1. The van der Waals surface area contributed by atoms with Gasteiger partial charge in [-0.15, -0.1) is 0 Å². The van der Waals surface area contributed by atoms with E-state index in [9.17, 15) is 4.79 Å². The van der Waals surface area contributed by atoms with E-state index < -0.39 is 0 Å². The molecule has 1 N–H and O–H groups in total. The molecule has 1 aromatic rings. The molecule has 3 rings (SSSR count). The first-order valence-electron chi connectivity index (χ1n) is 6.53. The molecule has 4 heteroatoms. The van der Waals surface area contributed by atoms with Gasteiger partial charge in [-0.05, 0) is 24.0 Å². The first-order valence-corrected chi connectivity index (χ1v) is 6.53. The van der Waals surface area contributed by atoms with E-state index in [-0.39, 0.29) is 12.1 Å². The highest BCUT2D eigenvalue weighted by molar-refractivity contribution is 5.74. The molecule has 4 nitrogen and oxygen atoms in total. The summed E-state index contributed by atoms with van der Waals surface area (Å²) in [7, 11) is 0. The summed E-state index contributed by atoms with van der Waals surface area (Å²) in [5.41, 5.74) is 2.73. The lowest BCUT2D eigenvalue weighted by atomic mass is 10.1. The number of amides is 2. The van der Waals surface area contributed by atoms with Crippen molar-refractivity contribution >= 4 is 6.03 Å². The molecular weight excluding hydrogens is 228 g/mol. The molecule has 1 aromatic carbocycles. The van der Waals surface area contributed by atoms with Gasteiger partial charge in [0.1, 0.15) is 0 Å². The number of morpholine rings is 1. The molecule has 96 valence electrons. The molecule has 0 bridgehead atoms. The molecule has 1 aliphatic carbocycles. The highest BCUT2D eigenvalue weighted by Crippen LogP contribution is 2.21. The lowest BCUT2D eigenvalue weighted by molar-refractivity contribution is 0.0526. The summed E-state index contributed by atoms with van der Waals surface area (Å²) in [5, 5.41) is 3.13. The molecule has 1 heterocycles. The predicted octanol–water partition coefficient (Wildman–Crippen LogP) is 1.20. The number of carbonyl (C=O) groups excluding carboxylic acids is 1. The molecule has 2 aliphatic rings. The normalized spacial score (nSPS) is 19.7. The maximum atomic E-state index is 12.1. The molecule has 2 amide bonds. The van der Waals surface area contributed by atoms with Crippen molar-refractivity contribution in [1.82, 2.24) is 10.2 Å². The number of carbonyl (C=O) groups is 1. The molecule has 0 unspecified atom stereocenters. The minimum absolute atomic E-state index is 0.0520. The number of ether oxygens (including phenoxy) is 1. The second-order valence-electron chi connectivity index (χ2n) is 4.92. The van der Waals surface area contributed by atoms with Crippen LogP contribution in [0.4, 0.5) is 4.79 Å². The molecule has 1 fully saturated rings. The van der Waals surface area contributed by atoms with Crippen LogP contribution in [0.1, 0.15) is 11.1 Å². The van der Waals surface area contributed by atoms with Crippen molar-refractivity contribution in [2.75, 3.05) is 26.3 Å². The number of rotatable bonds is 1. The van der Waals surface area contributed by atoms with Crippen LogP contribution < -0.4 is 5.32 Å². The lowest BCUT2D eigenvalue weighted by Crippen LogP contribution is -2.49. The zero-order chi connectivity index (χ0) is 12.4. The lowest BCUT2D eigenvalue weighted by Gasteiger charge is -2.28. The highest BCUT2D eigenvalue weighted by Gasteiger charge is 2.25. The van der Waals surface area contributed by atoms with Crippen LogP contribution in [0.15, 0.2) is 24.3 Å². The van der Waals surface area contributed by atoms with Crippen molar-refractivity contribution in [3.8, 4) is 0 Å². The standard InChI is InChI=1S/C14H18N2O2/c17-14(16-5-7-18-8-6-16)15-13-9-11-3-1-2-4-12(11)10-13/h1-4,13H,5-10H2,(H,15,17). The van der Waals surface area contributed by atoms with E-state index in [1.807, 2.05) is 4.90 Å². The number of hydrogen-bond donors (Lipinski definition) is 1. The van der Waals surface area contributed by atoms with E-state index in [4.69, 9.17) is 4.74 Å². The van der Waals surface area contributed by atoms with Gasteiger partial charge in [-0.1, -0.05) is 24.3 Å². The summed E-state index contributed by atoms with van der Waals surface area (Å²) in [6.45, 7) is 2.70. The van der Waals surface area contributed by atoms with Gasteiger partial charge < -0.3 is 15.0 Å². The minimum Gasteiger partial charge on any atom is -0.378 e. The number of fused-ring (bicyclic) bond motifs is 1. The fraction of sp³-hybridized carbons (Fsp3) is 0.500. The second kappa shape index (κ2) is 4.98. The second-order valence-corrected chi connectivity index (χ2v) is 4.92. The van der Waals surface area contributed by atoms with E-state index in [0.29, 0.717) is 26.3 Å². The van der Waals surface area contributed by atoms with Crippen LogP contribution in [0.25, 0.3) is 0 Å². The minimum atomic E-state index is 0.0520. The highest BCUT2D eigenvalue weighted by atomic mass is 16.5. The summed E-state index contributed by atoms with van der Waals surface area (Å²) >= 11 is 0. The van der Waals surface area contributed by atoms with Gasteiger partial charge >= 0.3 is 6.03 Å². The Balaban J connectivity index is 1.57. The first kappa shape index (κ1) is 11.5. The molecule has 18 heavy (non-hydrogen) atoms. The van der Waals surface area contributed by atoms with Crippen LogP contribution in [0.2, 0.25) is 0 Å². The smallest absolute Gasteiger partial charge is 0.317 e. The van der Waals surface area contributed by atoms with E-state index in [2.05, 4.69) is 29.6 Å². The van der Waals surface area contributed by atoms with Crippen LogP contribution in [0.3, 0.4) is 0 Å². The first-order chi connectivity index (χ1) is 8.83. The van der Waals surface area contributed by atoms with Gasteiger partial charge in [-0.2, -0.15) is 0 Å². The van der Waals surface area contributed by atoms with Crippen molar-refractivity contribution in [3.63, 3.8) is 0 Å². The van der Waals surface area contributed by atoms with Gasteiger partial charge in [0.25, 0.3) is 0 Å². The number of hydrogen-bond acceptors (Lipinski definition) is 2. The van der Waals surface area contributed by atoms with Crippen LogP contribution in [0.5, 0.6) is 0 Å². The Hall–Kier alpha value is -1.55. The van der Waals surface area contributed by atoms with Gasteiger partial charge in [0.2, 0.25) is 0 Å². The number of urea groups is 1. The Labute approximate surface area is 107 Å². The van der Waals surface area contributed by atoms with Crippen LogP contribution in [-0.4, -0.2) is 43.3 Å². The number of nitrogens with one attached hydrogen (secondary N) is 1. The number of benzene rings is 1. The van der Waals surface area contributed by atoms with Crippen LogP contribution in [0, 0.1) is 0 Å². The van der Waals surface area contributed by atoms with E-state index >= 15 is 0 Å². The van der Waals surface area contributed by atoms with Gasteiger partial charge in [-0.25, -0.2) is 4.79 Å². The monoisotopic (exact) mass is 246 g/mol. The van der Waals surface area contributed by atoms with Crippen LogP contribution in [-0.2, 0) is 17.6 Å². The summed E-state index contributed by atoms with van der Waals surface area (Å²) in [4.78, 5) is 13.9. The molecule has 0 spiro atoms. The van der Waals surface area contributed by atoms with E-state index in [1.165, 1.54) is 11.1 Å². The Bertz CT molecular complexity index is 416. The maximum Gasteiger partial charge on any atom is 0.317 e. The van der Waals surface area contributed by atoms with E-state index in [0.717, 1.165) is 12.8 Å². The number of nitrogens with zero attached hydrogens (tertiary/aromatic N) is 1. The third-order valence-corrected chi connectivity index (χ3v) is 3.68. The van der Waals surface area contributed by atoms with Crippen molar-refractivity contribution < 1.29 is 9.53 Å². The quantitative estimate of drug-likeness (QED) is 0.809. The Morgan fingerprint density at radius 3 is 2.39 bits per heavy atom. The fourth-order valence-corrected chi connectivity index (χ4v) is 2.69. The van der Waals surface area contributed by atoms with Crippen molar-refractivity contribution in [1.29, 1.82) is 0 Å². The Morgan fingerprint density at radius 1 is 1.17 bits per heavy atom. The topological polar surface area (TPSA) is 41.6 Å². The van der Waals surface area contributed by atoms with Gasteiger partial charge in [0, 0.05) is 19.1 Å². The maximum absolute atomic E-state index is 12.1. The molecular formula is C14H18N2O2. The average Bonchev–Trinajstić information content (AvgIpc) is 2.82. The molecule has 0 saturated carbocycles. The summed E-state index contributed by atoms with van der Waals surface area (Å²) in [6.07, 6.45) is 1.90. The molecule has 1 aliphatic heterocycles. The molecule has 0 aromatic heterocycles. The summed E-state index contributed by atoms with van der Waals surface area (Å²) < 4.78 is 5.25. The molecule has 0 atom stereocenters. The molecule has 0 radical (unpaired) electrons. The van der Waals surface area contributed by atoms with Gasteiger partial charge in [0.15, 0.2) is 0 Å². The molecule has 1 saturated heterocycles. The third-order valence-electron chi connectivity index (χ3n) is 3.68. The van der Waals surface area contributed by atoms with Crippen molar-refractivity contribution in [2.24, 2.45) is 0 Å².